The Balaban J connectivity index is 2.81. The molecule has 0 bridgehead atoms. The van der Waals surface area contributed by atoms with Crippen LogP contribution in [-0.4, -0.2) is 55.2 Å². The molecule has 1 saturated heterocycles. The first-order valence-electron chi connectivity index (χ1n) is 10.5. The summed E-state index contributed by atoms with van der Waals surface area (Å²) in [5.41, 5.74) is -0.720. The number of hydrogen-bond acceptors (Lipinski definition) is 7. The molecule has 0 aromatic heterocycles. The SMILES string of the molecule is CCCCCCC[C@H]1OC(=O)N(C(=O)OC(C)(C)C)[C@H]1CCCP(=O)(OC)OC. The zero-order valence-corrected chi connectivity index (χ0v) is 19.7. The van der Waals surface area contributed by atoms with Gasteiger partial charge in [-0.05, 0) is 46.5 Å². The van der Waals surface area contributed by atoms with Crippen LogP contribution < -0.4 is 0 Å². The quantitative estimate of drug-likeness (QED) is 0.285. The van der Waals surface area contributed by atoms with Gasteiger partial charge in [0.1, 0.15) is 11.7 Å². The average Bonchev–Trinajstić information content (AvgIpc) is 2.95. The van der Waals surface area contributed by atoms with Gasteiger partial charge in [-0.2, -0.15) is 0 Å². The van der Waals surface area contributed by atoms with Crippen molar-refractivity contribution in [2.45, 2.75) is 96.8 Å². The molecule has 0 aromatic carbocycles. The van der Waals surface area contributed by atoms with Crippen molar-refractivity contribution in [1.82, 2.24) is 4.90 Å². The average molecular weight is 435 g/mol. The predicted octanol–water partition coefficient (Wildman–Crippen LogP) is 5.74. The van der Waals surface area contributed by atoms with Gasteiger partial charge >= 0.3 is 19.8 Å². The monoisotopic (exact) mass is 435 g/mol. The van der Waals surface area contributed by atoms with Gasteiger partial charge in [0.15, 0.2) is 0 Å². The van der Waals surface area contributed by atoms with Gasteiger partial charge in [0, 0.05) is 14.2 Å². The number of unbranched alkanes of at least 4 members (excludes halogenated alkanes) is 4. The highest BCUT2D eigenvalue weighted by Crippen LogP contribution is 2.47. The first-order valence-corrected chi connectivity index (χ1v) is 12.2. The molecule has 0 unspecified atom stereocenters. The van der Waals surface area contributed by atoms with Crippen molar-refractivity contribution in [2.24, 2.45) is 0 Å². The summed E-state index contributed by atoms with van der Waals surface area (Å²) in [5.74, 6) is 0. The van der Waals surface area contributed by atoms with E-state index in [2.05, 4.69) is 6.92 Å². The van der Waals surface area contributed by atoms with Crippen LogP contribution in [0, 0.1) is 0 Å². The number of rotatable bonds is 12. The number of nitrogens with zero attached hydrogens (tertiary/aromatic N) is 1. The Hall–Kier alpha value is -1.11. The van der Waals surface area contributed by atoms with Crippen LogP contribution in [0.3, 0.4) is 0 Å². The van der Waals surface area contributed by atoms with Crippen molar-refractivity contribution < 1.29 is 32.7 Å². The lowest BCUT2D eigenvalue weighted by molar-refractivity contribution is 0.0280. The molecule has 1 aliphatic heterocycles. The van der Waals surface area contributed by atoms with E-state index < -0.39 is 31.4 Å². The minimum absolute atomic E-state index is 0.204. The molecule has 0 saturated carbocycles. The van der Waals surface area contributed by atoms with Crippen LogP contribution >= 0.6 is 7.60 Å². The molecule has 0 N–H and O–H groups in total. The van der Waals surface area contributed by atoms with E-state index in [1.54, 1.807) is 20.8 Å². The maximum atomic E-state index is 12.6. The summed E-state index contributed by atoms with van der Waals surface area (Å²) in [6.45, 7) is 7.41. The van der Waals surface area contributed by atoms with Gasteiger partial charge in [-0.15, -0.1) is 0 Å². The molecule has 9 heteroatoms. The van der Waals surface area contributed by atoms with E-state index in [0.29, 0.717) is 19.3 Å². The molecular formula is C20H38NO7P. The maximum Gasteiger partial charge on any atom is 0.420 e. The molecule has 8 nitrogen and oxygen atoms in total. The first-order chi connectivity index (χ1) is 13.6. The summed E-state index contributed by atoms with van der Waals surface area (Å²) >= 11 is 0. The summed E-state index contributed by atoms with van der Waals surface area (Å²) in [6.07, 6.45) is 5.49. The van der Waals surface area contributed by atoms with Crippen LogP contribution in [-0.2, 0) is 23.1 Å². The number of ether oxygens (including phenoxy) is 2. The molecule has 0 aromatic rings. The van der Waals surface area contributed by atoms with Crippen molar-refractivity contribution in [3.05, 3.63) is 0 Å². The van der Waals surface area contributed by atoms with Crippen molar-refractivity contribution >= 4 is 19.8 Å². The van der Waals surface area contributed by atoms with Crippen molar-refractivity contribution in [2.75, 3.05) is 20.4 Å². The predicted molar refractivity (Wildman–Crippen MR) is 111 cm³/mol. The van der Waals surface area contributed by atoms with Gasteiger partial charge in [-0.1, -0.05) is 32.6 Å². The smallest absolute Gasteiger partial charge is 0.420 e. The zero-order chi connectivity index (χ0) is 22.1. The van der Waals surface area contributed by atoms with E-state index in [1.165, 1.54) is 20.6 Å². The fourth-order valence-electron chi connectivity index (χ4n) is 3.35. The zero-order valence-electron chi connectivity index (χ0n) is 18.8. The molecular weight excluding hydrogens is 397 g/mol. The van der Waals surface area contributed by atoms with E-state index in [4.69, 9.17) is 18.5 Å². The second-order valence-electron chi connectivity index (χ2n) is 8.38. The summed E-state index contributed by atoms with van der Waals surface area (Å²) in [6, 6.07) is -0.453. The highest BCUT2D eigenvalue weighted by molar-refractivity contribution is 7.53. The Labute approximate surface area is 175 Å². The van der Waals surface area contributed by atoms with Gasteiger partial charge in [0.05, 0.1) is 12.2 Å². The lowest BCUT2D eigenvalue weighted by atomic mass is 9.99. The Morgan fingerprint density at radius 2 is 1.69 bits per heavy atom. The molecule has 170 valence electrons. The molecule has 0 radical (unpaired) electrons. The number of carbonyl (C=O) groups is 2. The molecule has 1 fully saturated rings. The van der Waals surface area contributed by atoms with E-state index in [-0.39, 0.29) is 12.3 Å². The van der Waals surface area contributed by atoms with Crippen molar-refractivity contribution in [1.29, 1.82) is 0 Å². The minimum Gasteiger partial charge on any atom is -0.443 e. The first kappa shape index (κ1) is 25.9. The molecule has 0 spiro atoms. The minimum atomic E-state index is -3.14. The topological polar surface area (TPSA) is 91.4 Å². The van der Waals surface area contributed by atoms with Gasteiger partial charge in [-0.25, -0.2) is 14.5 Å². The van der Waals surface area contributed by atoms with Crippen molar-refractivity contribution in [3.63, 3.8) is 0 Å². The number of imide groups is 1. The van der Waals surface area contributed by atoms with Crippen LogP contribution in [0.5, 0.6) is 0 Å². The molecule has 1 aliphatic rings. The van der Waals surface area contributed by atoms with Crippen LogP contribution in [0.4, 0.5) is 9.59 Å². The van der Waals surface area contributed by atoms with Crippen LogP contribution in [0.25, 0.3) is 0 Å². The number of hydrogen-bond donors (Lipinski definition) is 0. The Bertz CT molecular complexity index is 568. The van der Waals surface area contributed by atoms with Gasteiger partial charge < -0.3 is 18.5 Å². The van der Waals surface area contributed by atoms with E-state index in [0.717, 1.165) is 30.6 Å². The van der Waals surface area contributed by atoms with Gasteiger partial charge in [-0.3, -0.25) is 4.57 Å². The Morgan fingerprint density at radius 3 is 2.24 bits per heavy atom. The second-order valence-corrected chi connectivity index (χ2v) is 10.8. The fourth-order valence-corrected chi connectivity index (χ4v) is 4.44. The largest absolute Gasteiger partial charge is 0.443 e. The molecule has 0 aliphatic carbocycles. The normalized spacial score (nSPS) is 20.1. The second kappa shape index (κ2) is 11.9. The highest BCUT2D eigenvalue weighted by atomic mass is 31.2. The lowest BCUT2D eigenvalue weighted by Crippen LogP contribution is -2.44. The number of carbonyl (C=O) groups excluding carboxylic acids is 2. The summed E-state index contributed by atoms with van der Waals surface area (Å²) in [5, 5.41) is 0. The van der Waals surface area contributed by atoms with E-state index >= 15 is 0 Å². The molecule has 2 atom stereocenters. The van der Waals surface area contributed by atoms with Crippen molar-refractivity contribution in [3.8, 4) is 0 Å². The van der Waals surface area contributed by atoms with Crippen LogP contribution in [0.1, 0.15) is 79.1 Å². The fraction of sp³-hybridized carbons (Fsp3) is 0.900. The third-order valence-electron chi connectivity index (χ3n) is 4.88. The summed E-state index contributed by atoms with van der Waals surface area (Å²) in [4.78, 5) is 26.1. The van der Waals surface area contributed by atoms with E-state index in [1.807, 2.05) is 0 Å². The lowest BCUT2D eigenvalue weighted by Gasteiger charge is -2.27. The summed E-state index contributed by atoms with van der Waals surface area (Å²) in [7, 11) is -0.452. The Morgan fingerprint density at radius 1 is 1.07 bits per heavy atom. The maximum absolute atomic E-state index is 12.6. The Kier molecular flexibility index (Phi) is 10.7. The molecule has 29 heavy (non-hydrogen) atoms. The van der Waals surface area contributed by atoms with Gasteiger partial charge in [0.25, 0.3) is 0 Å². The standard InChI is InChI=1S/C20H38NO7P/c1-7-8-9-10-11-14-17-16(13-12-15-29(24,25-5)26-6)21(18(22)27-17)19(23)28-20(2,3)4/h16-17H,7-15H2,1-6H3/t16-,17+/m0/s1. The highest BCUT2D eigenvalue weighted by Gasteiger charge is 2.46. The van der Waals surface area contributed by atoms with Crippen LogP contribution in [0.15, 0.2) is 0 Å². The third kappa shape index (κ3) is 8.65. The molecule has 1 rings (SSSR count). The number of cyclic esters (lactones) is 1. The van der Waals surface area contributed by atoms with Gasteiger partial charge in [0.2, 0.25) is 0 Å². The van der Waals surface area contributed by atoms with E-state index in [9.17, 15) is 14.2 Å². The molecule has 2 amide bonds. The number of amides is 2. The van der Waals surface area contributed by atoms with Crippen LogP contribution in [0.2, 0.25) is 0 Å². The third-order valence-corrected chi connectivity index (χ3v) is 6.86. The summed E-state index contributed by atoms with van der Waals surface area (Å²) < 4.78 is 33.2. The molecule has 1 heterocycles.